The molecule has 0 heterocycles. The molecule has 0 radical (unpaired) electrons. The van der Waals surface area contributed by atoms with Crippen molar-refractivity contribution in [2.45, 2.75) is 45.4 Å². The van der Waals surface area contributed by atoms with Gasteiger partial charge in [0, 0.05) is 0 Å². The van der Waals surface area contributed by atoms with Crippen molar-refractivity contribution in [1.29, 1.82) is 0 Å². The molecule has 1 heteroatoms. The van der Waals surface area contributed by atoms with E-state index in [0.717, 1.165) is 12.8 Å². The van der Waals surface area contributed by atoms with Gasteiger partial charge < -0.3 is 0 Å². The Labute approximate surface area is 131 Å². The van der Waals surface area contributed by atoms with E-state index in [4.69, 9.17) is 0 Å². The van der Waals surface area contributed by atoms with Crippen molar-refractivity contribution in [3.8, 4) is 0 Å². The Balaban J connectivity index is 2.51. The molecule has 2 rings (SSSR count). The Kier molecular flexibility index (Phi) is 5.04. The molecule has 0 aromatic heterocycles. The van der Waals surface area contributed by atoms with Gasteiger partial charge in [0.25, 0.3) is 0 Å². The van der Waals surface area contributed by atoms with Crippen molar-refractivity contribution in [3.05, 3.63) is 69.8 Å². The molecule has 2 aromatic rings. The summed E-state index contributed by atoms with van der Waals surface area (Å²) in [5, 5.41) is 0. The highest BCUT2D eigenvalue weighted by Crippen LogP contribution is 2.36. The van der Waals surface area contributed by atoms with Crippen LogP contribution in [0.25, 0.3) is 0 Å². The lowest BCUT2D eigenvalue weighted by atomic mass is 9.92. The van der Waals surface area contributed by atoms with Gasteiger partial charge in [-0.2, -0.15) is 0 Å². The molecule has 1 atom stereocenters. The lowest BCUT2D eigenvalue weighted by Crippen LogP contribution is -2.02. The third kappa shape index (κ3) is 2.98. The van der Waals surface area contributed by atoms with Crippen LogP contribution in [0.15, 0.2) is 36.4 Å². The summed E-state index contributed by atoms with van der Waals surface area (Å²) in [5.74, 6) is 0. The number of halogens is 1. The van der Waals surface area contributed by atoms with E-state index in [-0.39, 0.29) is 4.83 Å². The van der Waals surface area contributed by atoms with E-state index in [1.165, 1.54) is 33.4 Å². The van der Waals surface area contributed by atoms with Gasteiger partial charge in [-0.1, -0.05) is 66.2 Å². The van der Waals surface area contributed by atoms with E-state index >= 15 is 0 Å². The minimum absolute atomic E-state index is 0.281. The van der Waals surface area contributed by atoms with Gasteiger partial charge in [-0.05, 0) is 60.1 Å². The summed E-state index contributed by atoms with van der Waals surface area (Å²) >= 11 is 3.93. The molecule has 0 nitrogen and oxygen atoms in total. The number of benzene rings is 2. The van der Waals surface area contributed by atoms with E-state index in [2.05, 4.69) is 80.0 Å². The predicted molar refractivity (Wildman–Crippen MR) is 91.9 cm³/mol. The SMILES string of the molecule is CCc1ccc(CC)c(C(Br)c2cccc(C)c2C)c1. The van der Waals surface area contributed by atoms with Gasteiger partial charge in [0.05, 0.1) is 4.83 Å². The maximum absolute atomic E-state index is 3.93. The summed E-state index contributed by atoms with van der Waals surface area (Å²) in [6.45, 7) is 8.84. The van der Waals surface area contributed by atoms with Crippen molar-refractivity contribution in [2.75, 3.05) is 0 Å². The first-order valence-corrected chi connectivity index (χ1v) is 8.31. The molecule has 106 valence electrons. The molecule has 0 bridgehead atoms. The summed E-state index contributed by atoms with van der Waals surface area (Å²) < 4.78 is 0. The van der Waals surface area contributed by atoms with Gasteiger partial charge in [0.15, 0.2) is 0 Å². The highest BCUT2D eigenvalue weighted by atomic mass is 79.9. The summed E-state index contributed by atoms with van der Waals surface area (Å²) in [6.07, 6.45) is 2.16. The van der Waals surface area contributed by atoms with Crippen molar-refractivity contribution in [3.63, 3.8) is 0 Å². The fraction of sp³-hybridized carbons (Fsp3) is 0.368. The van der Waals surface area contributed by atoms with E-state index in [0.29, 0.717) is 0 Å². The second-order valence-corrected chi connectivity index (χ2v) is 6.31. The number of alkyl halides is 1. The second-order valence-electron chi connectivity index (χ2n) is 5.39. The fourth-order valence-corrected chi connectivity index (χ4v) is 3.56. The van der Waals surface area contributed by atoms with Gasteiger partial charge in [-0.25, -0.2) is 0 Å². The lowest BCUT2D eigenvalue weighted by molar-refractivity contribution is 1.02. The van der Waals surface area contributed by atoms with Crippen molar-refractivity contribution >= 4 is 15.9 Å². The molecule has 20 heavy (non-hydrogen) atoms. The van der Waals surface area contributed by atoms with Crippen LogP contribution in [0.3, 0.4) is 0 Å². The lowest BCUT2D eigenvalue weighted by Gasteiger charge is -2.19. The van der Waals surface area contributed by atoms with Crippen LogP contribution in [0, 0.1) is 13.8 Å². The summed E-state index contributed by atoms with van der Waals surface area (Å²) in [4.78, 5) is 0.281. The topological polar surface area (TPSA) is 0 Å². The third-order valence-corrected chi connectivity index (χ3v) is 5.18. The molecule has 0 aliphatic carbocycles. The zero-order valence-electron chi connectivity index (χ0n) is 12.8. The Bertz CT molecular complexity index is 599. The van der Waals surface area contributed by atoms with Crippen molar-refractivity contribution in [1.82, 2.24) is 0 Å². The van der Waals surface area contributed by atoms with E-state index in [1.807, 2.05) is 0 Å². The molecule has 0 N–H and O–H groups in total. The van der Waals surface area contributed by atoms with Crippen LogP contribution in [0.1, 0.15) is 52.1 Å². The number of hydrogen-bond acceptors (Lipinski definition) is 0. The van der Waals surface area contributed by atoms with Crippen LogP contribution >= 0.6 is 15.9 Å². The molecule has 0 spiro atoms. The fourth-order valence-electron chi connectivity index (χ4n) is 2.64. The Morgan fingerprint density at radius 3 is 2.35 bits per heavy atom. The van der Waals surface area contributed by atoms with Gasteiger partial charge in [0.1, 0.15) is 0 Å². The molecule has 2 aromatic carbocycles. The Morgan fingerprint density at radius 2 is 1.70 bits per heavy atom. The van der Waals surface area contributed by atoms with Crippen LogP contribution < -0.4 is 0 Å². The molecule has 0 aliphatic heterocycles. The van der Waals surface area contributed by atoms with E-state index < -0.39 is 0 Å². The number of hydrogen-bond donors (Lipinski definition) is 0. The van der Waals surface area contributed by atoms with Gasteiger partial charge >= 0.3 is 0 Å². The average molecular weight is 331 g/mol. The van der Waals surface area contributed by atoms with Crippen LogP contribution in [-0.2, 0) is 12.8 Å². The maximum atomic E-state index is 3.93. The number of rotatable bonds is 4. The van der Waals surface area contributed by atoms with Crippen molar-refractivity contribution < 1.29 is 0 Å². The van der Waals surface area contributed by atoms with Crippen LogP contribution in [-0.4, -0.2) is 0 Å². The highest BCUT2D eigenvalue weighted by molar-refractivity contribution is 9.09. The summed E-state index contributed by atoms with van der Waals surface area (Å²) in [6, 6.07) is 13.5. The third-order valence-electron chi connectivity index (χ3n) is 4.19. The van der Waals surface area contributed by atoms with Gasteiger partial charge in [-0.3, -0.25) is 0 Å². The van der Waals surface area contributed by atoms with E-state index in [1.54, 1.807) is 0 Å². The molecule has 0 saturated heterocycles. The normalized spacial score (nSPS) is 12.4. The molecule has 1 unspecified atom stereocenters. The average Bonchev–Trinajstić information content (AvgIpc) is 2.48. The Morgan fingerprint density at radius 1 is 0.950 bits per heavy atom. The molecule has 0 aliphatic rings. The quantitative estimate of drug-likeness (QED) is 0.611. The Hall–Kier alpha value is -1.08. The zero-order valence-corrected chi connectivity index (χ0v) is 14.4. The first-order chi connectivity index (χ1) is 9.58. The standard InChI is InChI=1S/C19H23Br/c1-5-15-10-11-16(6-2)18(12-15)19(20)17-9-7-8-13(3)14(17)4/h7-12,19H,5-6H2,1-4H3. The molecule has 0 saturated carbocycles. The second kappa shape index (κ2) is 6.58. The monoisotopic (exact) mass is 330 g/mol. The molecular weight excluding hydrogens is 308 g/mol. The van der Waals surface area contributed by atoms with Crippen LogP contribution in [0.4, 0.5) is 0 Å². The van der Waals surface area contributed by atoms with Gasteiger partial charge in [-0.15, -0.1) is 0 Å². The molecule has 0 amide bonds. The van der Waals surface area contributed by atoms with Crippen LogP contribution in [0.5, 0.6) is 0 Å². The van der Waals surface area contributed by atoms with Crippen molar-refractivity contribution in [2.24, 2.45) is 0 Å². The van der Waals surface area contributed by atoms with Crippen LogP contribution in [0.2, 0.25) is 0 Å². The summed E-state index contributed by atoms with van der Waals surface area (Å²) in [5.41, 5.74) is 8.39. The molecule has 0 fully saturated rings. The first kappa shape index (κ1) is 15.3. The smallest absolute Gasteiger partial charge is 0.0650 e. The first-order valence-electron chi connectivity index (χ1n) is 7.40. The molecular formula is C19H23Br. The maximum Gasteiger partial charge on any atom is 0.0650 e. The highest BCUT2D eigenvalue weighted by Gasteiger charge is 2.16. The zero-order chi connectivity index (χ0) is 14.7. The largest absolute Gasteiger partial charge is 0.0786 e. The minimum atomic E-state index is 0.281. The predicted octanol–water partition coefficient (Wildman–Crippen LogP) is 5.91. The minimum Gasteiger partial charge on any atom is -0.0786 e. The number of aryl methyl sites for hydroxylation is 3. The summed E-state index contributed by atoms with van der Waals surface area (Å²) in [7, 11) is 0. The van der Waals surface area contributed by atoms with E-state index in [9.17, 15) is 0 Å². The van der Waals surface area contributed by atoms with Gasteiger partial charge in [0.2, 0.25) is 0 Å².